The second-order valence-corrected chi connectivity index (χ2v) is 4.77. The maximum absolute atomic E-state index is 12.1. The van der Waals surface area contributed by atoms with Gasteiger partial charge in [-0.1, -0.05) is 0 Å². The highest BCUT2D eigenvalue weighted by Crippen LogP contribution is 2.33. The molecule has 0 aromatic heterocycles. The number of phenols is 1. The minimum Gasteiger partial charge on any atom is -0.507 e. The fourth-order valence-electron chi connectivity index (χ4n) is 1.05. The van der Waals surface area contributed by atoms with E-state index in [0.29, 0.717) is 0 Å². The lowest BCUT2D eigenvalue weighted by Gasteiger charge is -2.12. The lowest BCUT2D eigenvalue weighted by atomic mass is 10.1. The van der Waals surface area contributed by atoms with Crippen molar-refractivity contribution >= 4 is 16.4 Å². The molecule has 5 nitrogen and oxygen atoms in total. The smallest absolute Gasteiger partial charge is 0.507 e. The van der Waals surface area contributed by atoms with Gasteiger partial charge < -0.3 is 9.29 Å². The van der Waals surface area contributed by atoms with E-state index >= 15 is 0 Å². The lowest BCUT2D eigenvalue weighted by Crippen LogP contribution is -2.28. The standard InChI is InChI=1S/C9H7F3O5S/c1-5-7(3-2-6(4-13)8(5)14)17-18(15,16)9(10,11)12/h2-4,14H,1H3. The summed E-state index contributed by atoms with van der Waals surface area (Å²) in [6.07, 6.45) is 0.268. The van der Waals surface area contributed by atoms with E-state index in [1.54, 1.807) is 0 Å². The van der Waals surface area contributed by atoms with E-state index < -0.39 is 27.1 Å². The molecule has 0 radical (unpaired) electrons. The van der Waals surface area contributed by atoms with Crippen molar-refractivity contribution in [1.82, 2.24) is 0 Å². The number of phenolic OH excluding ortho intramolecular Hbond substituents is 1. The van der Waals surface area contributed by atoms with Crippen molar-refractivity contribution in [2.75, 3.05) is 0 Å². The number of alkyl halides is 3. The molecule has 0 unspecified atom stereocenters. The molecule has 0 atom stereocenters. The van der Waals surface area contributed by atoms with E-state index in [4.69, 9.17) is 0 Å². The molecule has 0 aliphatic heterocycles. The highest BCUT2D eigenvalue weighted by atomic mass is 32.2. The van der Waals surface area contributed by atoms with Gasteiger partial charge in [0.2, 0.25) is 0 Å². The minimum atomic E-state index is -5.81. The van der Waals surface area contributed by atoms with E-state index in [1.165, 1.54) is 0 Å². The van der Waals surface area contributed by atoms with Crippen LogP contribution >= 0.6 is 0 Å². The van der Waals surface area contributed by atoms with Crippen LogP contribution in [0.1, 0.15) is 15.9 Å². The number of hydrogen-bond acceptors (Lipinski definition) is 5. The summed E-state index contributed by atoms with van der Waals surface area (Å²) in [5.74, 6) is -1.34. The van der Waals surface area contributed by atoms with Crippen LogP contribution in [0.25, 0.3) is 0 Å². The molecule has 100 valence electrons. The number of halogens is 3. The van der Waals surface area contributed by atoms with Gasteiger partial charge in [0.1, 0.15) is 11.5 Å². The summed E-state index contributed by atoms with van der Waals surface area (Å²) in [6.45, 7) is 1.11. The molecule has 0 bridgehead atoms. The highest BCUT2D eigenvalue weighted by Gasteiger charge is 2.48. The fraction of sp³-hybridized carbons (Fsp3) is 0.222. The third kappa shape index (κ3) is 2.55. The van der Waals surface area contributed by atoms with Crippen molar-refractivity contribution in [2.24, 2.45) is 0 Å². The van der Waals surface area contributed by atoms with Crippen LogP contribution in [0.4, 0.5) is 13.2 Å². The fourth-order valence-corrected chi connectivity index (χ4v) is 1.56. The molecular weight excluding hydrogens is 277 g/mol. The van der Waals surface area contributed by atoms with E-state index in [1.807, 2.05) is 0 Å². The Labute approximate surface area is 99.9 Å². The van der Waals surface area contributed by atoms with Gasteiger partial charge in [-0.3, -0.25) is 4.79 Å². The average Bonchev–Trinajstić information content (AvgIpc) is 2.23. The molecule has 1 aromatic rings. The molecule has 0 aliphatic carbocycles. The Morgan fingerprint density at radius 3 is 2.33 bits per heavy atom. The van der Waals surface area contributed by atoms with E-state index in [-0.39, 0.29) is 17.4 Å². The number of carbonyl (C=O) groups excluding carboxylic acids is 1. The Balaban J connectivity index is 3.23. The van der Waals surface area contributed by atoms with Crippen LogP contribution in [0.5, 0.6) is 11.5 Å². The zero-order valence-electron chi connectivity index (χ0n) is 8.85. The van der Waals surface area contributed by atoms with Gasteiger partial charge >= 0.3 is 15.6 Å². The van der Waals surface area contributed by atoms with E-state index in [2.05, 4.69) is 4.18 Å². The second kappa shape index (κ2) is 4.48. The quantitative estimate of drug-likeness (QED) is 0.519. The molecule has 0 saturated heterocycles. The Morgan fingerprint density at radius 1 is 1.33 bits per heavy atom. The first-order chi connectivity index (χ1) is 8.10. The molecule has 0 saturated carbocycles. The third-order valence-electron chi connectivity index (χ3n) is 2.02. The number of rotatable bonds is 3. The topological polar surface area (TPSA) is 80.7 Å². The van der Waals surface area contributed by atoms with Gasteiger partial charge in [-0.05, 0) is 19.1 Å². The third-order valence-corrected chi connectivity index (χ3v) is 2.99. The SMILES string of the molecule is Cc1c(OS(=O)(=O)C(F)(F)F)ccc(C=O)c1O. The van der Waals surface area contributed by atoms with Gasteiger partial charge in [0.05, 0.1) is 5.56 Å². The number of hydrogen-bond donors (Lipinski definition) is 1. The molecule has 0 fully saturated rings. The van der Waals surface area contributed by atoms with Gasteiger partial charge in [-0.15, -0.1) is 0 Å². The molecular formula is C9H7F3O5S. The number of benzene rings is 1. The Morgan fingerprint density at radius 2 is 1.89 bits per heavy atom. The minimum absolute atomic E-state index is 0.191. The first-order valence-electron chi connectivity index (χ1n) is 4.38. The zero-order valence-corrected chi connectivity index (χ0v) is 9.67. The first-order valence-corrected chi connectivity index (χ1v) is 5.79. The highest BCUT2D eigenvalue weighted by molar-refractivity contribution is 7.88. The van der Waals surface area contributed by atoms with Gasteiger partial charge in [-0.25, -0.2) is 0 Å². The summed E-state index contributed by atoms with van der Waals surface area (Å²) in [5.41, 5.74) is -6.05. The maximum atomic E-state index is 12.1. The summed E-state index contributed by atoms with van der Waals surface area (Å²) in [5, 5.41) is 9.39. The van der Waals surface area contributed by atoms with Crippen molar-refractivity contribution in [1.29, 1.82) is 0 Å². The number of carbonyl (C=O) groups is 1. The van der Waals surface area contributed by atoms with Gasteiger partial charge in [0.25, 0.3) is 0 Å². The monoisotopic (exact) mass is 284 g/mol. The molecule has 0 heterocycles. The summed E-state index contributed by atoms with van der Waals surface area (Å²) in [6, 6.07) is 1.79. The Kier molecular flexibility index (Phi) is 3.56. The maximum Gasteiger partial charge on any atom is 0.534 e. The number of aromatic hydroxyl groups is 1. The van der Waals surface area contributed by atoms with Crippen molar-refractivity contribution in [3.63, 3.8) is 0 Å². The van der Waals surface area contributed by atoms with Crippen molar-refractivity contribution in [3.8, 4) is 11.5 Å². The van der Waals surface area contributed by atoms with Crippen molar-refractivity contribution in [2.45, 2.75) is 12.4 Å². The van der Waals surface area contributed by atoms with Crippen LogP contribution in [-0.4, -0.2) is 25.3 Å². The normalized spacial score (nSPS) is 12.2. The summed E-state index contributed by atoms with van der Waals surface area (Å²) in [7, 11) is -5.81. The molecule has 1 N–H and O–H groups in total. The second-order valence-electron chi connectivity index (χ2n) is 3.23. The molecule has 9 heteroatoms. The molecule has 1 aromatic carbocycles. The van der Waals surface area contributed by atoms with Gasteiger partial charge in [0, 0.05) is 5.56 Å². The predicted octanol–water partition coefficient (Wildman–Crippen LogP) is 1.74. The van der Waals surface area contributed by atoms with Gasteiger partial charge in [-0.2, -0.15) is 21.6 Å². The molecule has 1 rings (SSSR count). The van der Waals surface area contributed by atoms with Crippen LogP contribution in [0.3, 0.4) is 0 Å². The lowest BCUT2D eigenvalue weighted by molar-refractivity contribution is -0.0500. The largest absolute Gasteiger partial charge is 0.534 e. The Bertz CT molecular complexity index is 577. The summed E-state index contributed by atoms with van der Waals surface area (Å²) in [4.78, 5) is 10.4. The molecule has 0 spiro atoms. The Hall–Kier alpha value is -1.77. The molecule has 0 amide bonds. The summed E-state index contributed by atoms with van der Waals surface area (Å²) < 4.78 is 61.5. The van der Waals surface area contributed by atoms with Crippen molar-refractivity contribution < 1.29 is 35.7 Å². The molecule has 0 aliphatic rings. The number of aldehydes is 1. The summed E-state index contributed by atoms with van der Waals surface area (Å²) >= 11 is 0. The zero-order chi connectivity index (χ0) is 14.1. The van der Waals surface area contributed by atoms with E-state index in [9.17, 15) is 31.5 Å². The van der Waals surface area contributed by atoms with Crippen LogP contribution in [0.15, 0.2) is 12.1 Å². The van der Waals surface area contributed by atoms with Crippen LogP contribution in [0.2, 0.25) is 0 Å². The van der Waals surface area contributed by atoms with Crippen LogP contribution in [0, 0.1) is 6.92 Å². The average molecular weight is 284 g/mol. The molecule has 18 heavy (non-hydrogen) atoms. The van der Waals surface area contributed by atoms with Gasteiger partial charge in [0.15, 0.2) is 6.29 Å². The van der Waals surface area contributed by atoms with Crippen LogP contribution in [-0.2, 0) is 10.1 Å². The predicted molar refractivity (Wildman–Crippen MR) is 53.8 cm³/mol. The van der Waals surface area contributed by atoms with Crippen LogP contribution < -0.4 is 4.18 Å². The van der Waals surface area contributed by atoms with E-state index in [0.717, 1.165) is 19.1 Å². The first kappa shape index (κ1) is 14.3. The van der Waals surface area contributed by atoms with Crippen molar-refractivity contribution in [3.05, 3.63) is 23.3 Å².